The smallest absolute Gasteiger partial charge is 0.258 e. The number of carbonyl (C=O) groups excluding carboxylic acids is 1. The number of benzene rings is 1. The maximum absolute atomic E-state index is 12.4. The third kappa shape index (κ3) is 4.56. The number of ether oxygens (including phenoxy) is 2. The van der Waals surface area contributed by atoms with Crippen molar-refractivity contribution in [1.82, 2.24) is 15.1 Å². The van der Waals surface area contributed by atoms with E-state index in [1.807, 2.05) is 31.2 Å². The van der Waals surface area contributed by atoms with Gasteiger partial charge in [-0.2, -0.15) is 0 Å². The summed E-state index contributed by atoms with van der Waals surface area (Å²) in [6, 6.07) is 7.87. The second kappa shape index (κ2) is 8.47. The zero-order valence-electron chi connectivity index (χ0n) is 14.2. The van der Waals surface area contributed by atoms with E-state index in [4.69, 9.17) is 14.6 Å². The predicted molar refractivity (Wildman–Crippen MR) is 89.1 cm³/mol. The van der Waals surface area contributed by atoms with E-state index in [1.54, 1.807) is 13.2 Å². The molecule has 2 rings (SSSR count). The fourth-order valence-corrected chi connectivity index (χ4v) is 2.30. The SMILES string of the molecule is COc1nn(C)cc1C(=O)NC[C@H](OCCO)c1ccc(C)cc1. The molecule has 1 atom stereocenters. The molecular formula is C17H23N3O4. The van der Waals surface area contributed by atoms with Gasteiger partial charge in [0.05, 0.1) is 26.4 Å². The zero-order valence-corrected chi connectivity index (χ0v) is 14.2. The molecule has 0 saturated heterocycles. The van der Waals surface area contributed by atoms with Crippen LogP contribution in [0.3, 0.4) is 0 Å². The van der Waals surface area contributed by atoms with Crippen molar-refractivity contribution < 1.29 is 19.4 Å². The van der Waals surface area contributed by atoms with Gasteiger partial charge < -0.3 is 19.9 Å². The van der Waals surface area contributed by atoms with E-state index in [2.05, 4.69) is 10.4 Å². The first-order valence-corrected chi connectivity index (χ1v) is 7.70. The van der Waals surface area contributed by atoms with Gasteiger partial charge in [-0.3, -0.25) is 9.48 Å². The summed E-state index contributed by atoms with van der Waals surface area (Å²) in [6.07, 6.45) is 1.26. The van der Waals surface area contributed by atoms with Crippen LogP contribution in [0.2, 0.25) is 0 Å². The number of nitrogens with one attached hydrogen (secondary N) is 1. The molecule has 7 nitrogen and oxygen atoms in total. The molecule has 24 heavy (non-hydrogen) atoms. The van der Waals surface area contributed by atoms with Gasteiger partial charge in [0.2, 0.25) is 5.88 Å². The molecule has 1 heterocycles. The van der Waals surface area contributed by atoms with Crippen LogP contribution in [0, 0.1) is 6.92 Å². The van der Waals surface area contributed by atoms with Gasteiger partial charge in [-0.05, 0) is 12.5 Å². The van der Waals surface area contributed by atoms with Crippen molar-refractivity contribution in [2.45, 2.75) is 13.0 Å². The number of aliphatic hydroxyl groups excluding tert-OH is 1. The summed E-state index contributed by atoms with van der Waals surface area (Å²) in [7, 11) is 3.19. The molecule has 0 spiro atoms. The fourth-order valence-electron chi connectivity index (χ4n) is 2.30. The van der Waals surface area contributed by atoms with Crippen LogP contribution in [-0.2, 0) is 11.8 Å². The van der Waals surface area contributed by atoms with Crippen molar-refractivity contribution in [3.05, 3.63) is 47.2 Å². The molecular weight excluding hydrogens is 310 g/mol. The van der Waals surface area contributed by atoms with Crippen molar-refractivity contribution >= 4 is 5.91 Å². The van der Waals surface area contributed by atoms with E-state index in [1.165, 1.54) is 11.8 Å². The molecule has 1 aromatic heterocycles. The Kier molecular flexibility index (Phi) is 6.34. The molecule has 0 bridgehead atoms. The van der Waals surface area contributed by atoms with Crippen LogP contribution in [0.15, 0.2) is 30.5 Å². The fraction of sp³-hybridized carbons (Fsp3) is 0.412. The summed E-state index contributed by atoms with van der Waals surface area (Å²) in [5, 5.41) is 15.9. The summed E-state index contributed by atoms with van der Waals surface area (Å²) >= 11 is 0. The molecule has 0 aliphatic rings. The Hall–Kier alpha value is -2.38. The van der Waals surface area contributed by atoms with Gasteiger partial charge in [-0.1, -0.05) is 29.8 Å². The van der Waals surface area contributed by atoms with Gasteiger partial charge in [0.15, 0.2) is 0 Å². The molecule has 0 fully saturated rings. The van der Waals surface area contributed by atoms with Gasteiger partial charge in [-0.15, -0.1) is 5.10 Å². The van der Waals surface area contributed by atoms with Crippen molar-refractivity contribution in [2.75, 3.05) is 26.9 Å². The van der Waals surface area contributed by atoms with Crippen LogP contribution >= 0.6 is 0 Å². The van der Waals surface area contributed by atoms with E-state index < -0.39 is 0 Å². The lowest BCUT2D eigenvalue weighted by Gasteiger charge is -2.18. The first kappa shape index (κ1) is 18.0. The highest BCUT2D eigenvalue weighted by molar-refractivity contribution is 5.96. The summed E-state index contributed by atoms with van der Waals surface area (Å²) in [5.41, 5.74) is 2.45. The van der Waals surface area contributed by atoms with Crippen LogP contribution < -0.4 is 10.1 Å². The summed E-state index contributed by atoms with van der Waals surface area (Å²) < 4.78 is 12.3. The van der Waals surface area contributed by atoms with Crippen molar-refractivity contribution in [3.8, 4) is 5.88 Å². The van der Waals surface area contributed by atoms with Gasteiger partial charge in [0, 0.05) is 19.8 Å². The Labute approximate surface area is 141 Å². The number of hydrogen-bond acceptors (Lipinski definition) is 5. The number of aromatic nitrogens is 2. The van der Waals surface area contributed by atoms with Gasteiger partial charge in [0.25, 0.3) is 5.91 Å². The standard InChI is InChI=1S/C17H23N3O4/c1-12-4-6-13(7-5-12)15(24-9-8-21)10-18-16(22)14-11-20(2)19-17(14)23-3/h4-7,11,15,21H,8-10H2,1-3H3,(H,18,22)/t15-/m0/s1. The van der Waals surface area contributed by atoms with Crippen LogP contribution in [-0.4, -0.2) is 47.7 Å². The number of amides is 1. The number of carbonyl (C=O) groups is 1. The minimum atomic E-state index is -0.343. The molecule has 1 amide bonds. The van der Waals surface area contributed by atoms with Crippen LogP contribution in [0.4, 0.5) is 0 Å². The largest absolute Gasteiger partial charge is 0.479 e. The Bertz CT molecular complexity index is 667. The number of methoxy groups -OCH3 is 1. The zero-order chi connectivity index (χ0) is 17.5. The summed E-state index contributed by atoms with van der Waals surface area (Å²) in [4.78, 5) is 12.4. The van der Waals surface area contributed by atoms with Crippen LogP contribution in [0.5, 0.6) is 5.88 Å². The third-order valence-corrected chi connectivity index (χ3v) is 3.54. The molecule has 2 aromatic rings. The number of aliphatic hydroxyl groups is 1. The van der Waals surface area contributed by atoms with Gasteiger partial charge >= 0.3 is 0 Å². The van der Waals surface area contributed by atoms with Gasteiger partial charge in [0.1, 0.15) is 5.56 Å². The molecule has 7 heteroatoms. The van der Waals surface area contributed by atoms with Crippen molar-refractivity contribution in [3.63, 3.8) is 0 Å². The molecule has 130 valence electrons. The molecule has 0 aliphatic carbocycles. The van der Waals surface area contributed by atoms with Crippen molar-refractivity contribution in [2.24, 2.45) is 7.05 Å². The molecule has 0 radical (unpaired) electrons. The average Bonchev–Trinajstić information content (AvgIpc) is 2.97. The summed E-state index contributed by atoms with van der Waals surface area (Å²) in [6.45, 7) is 2.40. The quantitative estimate of drug-likeness (QED) is 0.759. The van der Waals surface area contributed by atoms with Gasteiger partial charge in [-0.25, -0.2) is 0 Å². The second-order valence-electron chi connectivity index (χ2n) is 5.43. The van der Waals surface area contributed by atoms with E-state index in [0.717, 1.165) is 11.1 Å². The Morgan fingerprint density at radius 3 is 2.71 bits per heavy atom. The predicted octanol–water partition coefficient (Wildman–Crippen LogP) is 1.22. The van der Waals surface area contributed by atoms with E-state index in [-0.39, 0.29) is 37.6 Å². The normalized spacial score (nSPS) is 12.0. The molecule has 1 aromatic carbocycles. The Morgan fingerprint density at radius 1 is 1.38 bits per heavy atom. The number of aryl methyl sites for hydroxylation is 2. The lowest BCUT2D eigenvalue weighted by Crippen LogP contribution is -2.30. The minimum absolute atomic E-state index is 0.0767. The van der Waals surface area contributed by atoms with Crippen LogP contribution in [0.25, 0.3) is 0 Å². The Balaban J connectivity index is 2.06. The number of hydrogen-bond donors (Lipinski definition) is 2. The first-order chi connectivity index (χ1) is 11.5. The molecule has 2 N–H and O–H groups in total. The average molecular weight is 333 g/mol. The number of nitrogens with zero attached hydrogens (tertiary/aromatic N) is 2. The highest BCUT2D eigenvalue weighted by Gasteiger charge is 2.19. The van der Waals surface area contributed by atoms with E-state index >= 15 is 0 Å². The third-order valence-electron chi connectivity index (χ3n) is 3.54. The van der Waals surface area contributed by atoms with E-state index in [9.17, 15) is 4.79 Å². The highest BCUT2D eigenvalue weighted by atomic mass is 16.5. The molecule has 0 aliphatic heterocycles. The molecule has 0 unspecified atom stereocenters. The Morgan fingerprint density at radius 2 is 2.08 bits per heavy atom. The number of rotatable bonds is 8. The molecule has 0 saturated carbocycles. The van der Waals surface area contributed by atoms with E-state index in [0.29, 0.717) is 5.56 Å². The first-order valence-electron chi connectivity index (χ1n) is 7.70. The maximum Gasteiger partial charge on any atom is 0.258 e. The maximum atomic E-state index is 12.4. The summed E-state index contributed by atoms with van der Waals surface area (Å²) in [5.74, 6) is -0.0113. The lowest BCUT2D eigenvalue weighted by atomic mass is 10.1. The minimum Gasteiger partial charge on any atom is -0.479 e. The highest BCUT2D eigenvalue weighted by Crippen LogP contribution is 2.19. The van der Waals surface area contributed by atoms with Crippen molar-refractivity contribution in [1.29, 1.82) is 0 Å². The second-order valence-corrected chi connectivity index (χ2v) is 5.43. The topological polar surface area (TPSA) is 85.6 Å². The van der Waals surface area contributed by atoms with Crippen LogP contribution in [0.1, 0.15) is 27.6 Å². The monoisotopic (exact) mass is 333 g/mol. The lowest BCUT2D eigenvalue weighted by molar-refractivity contribution is 0.0277.